The van der Waals surface area contributed by atoms with Gasteiger partial charge in [0, 0.05) is 12.8 Å². The Bertz CT molecular complexity index is 1190. The average molecular weight is 831 g/mol. The van der Waals surface area contributed by atoms with Gasteiger partial charge in [-0.15, -0.1) is 0 Å². The molecule has 0 saturated heterocycles. The van der Waals surface area contributed by atoms with E-state index in [1.54, 1.807) is 0 Å². The number of unbranched alkanes of at least 4 members (excludes halogenated alkanes) is 14. The number of aliphatic hydroxyl groups excluding tert-OH is 5. The smallest absolute Gasteiger partial charge is 0.462 e. The van der Waals surface area contributed by atoms with Gasteiger partial charge < -0.3 is 39.9 Å². The predicted octanol–water partition coefficient (Wildman–Crippen LogP) is 7.61. The van der Waals surface area contributed by atoms with E-state index in [0.29, 0.717) is 12.8 Å². The number of phosphoric ester groups is 1. The van der Waals surface area contributed by atoms with Crippen LogP contribution in [0.25, 0.3) is 0 Å². The van der Waals surface area contributed by atoms with Gasteiger partial charge in [0.25, 0.3) is 0 Å². The number of ether oxygens (including phenoxy) is 2. The SMILES string of the molecule is CC/C=C\C/C=C\C/C=C\CCCCCCCC(=O)O[C@H](COC(=O)CCCCCCC/C=C\CCCCCC)COP(=O)(O)OC1[C@H](O)[C@H](O)C(O)[C@H](O)[C@H]1O. The van der Waals surface area contributed by atoms with E-state index in [0.717, 1.165) is 89.9 Å². The minimum absolute atomic E-state index is 0.0741. The molecule has 0 heterocycles. The summed E-state index contributed by atoms with van der Waals surface area (Å²) in [6.07, 6.45) is 24.6. The lowest BCUT2D eigenvalue weighted by Gasteiger charge is -2.41. The second-order valence-corrected chi connectivity index (χ2v) is 16.2. The second-order valence-electron chi connectivity index (χ2n) is 14.8. The fourth-order valence-corrected chi connectivity index (χ4v) is 7.15. The number of phosphoric acid groups is 1. The summed E-state index contributed by atoms with van der Waals surface area (Å²) < 4.78 is 33.4. The first kappa shape index (κ1) is 52.8. The van der Waals surface area contributed by atoms with E-state index in [1.807, 2.05) is 0 Å². The molecule has 1 fully saturated rings. The van der Waals surface area contributed by atoms with Gasteiger partial charge in [-0.2, -0.15) is 0 Å². The number of esters is 2. The Morgan fingerprint density at radius 1 is 0.561 bits per heavy atom. The number of hydrogen-bond donors (Lipinski definition) is 6. The molecule has 8 atom stereocenters. The second kappa shape index (κ2) is 33.6. The van der Waals surface area contributed by atoms with Gasteiger partial charge in [0.15, 0.2) is 6.10 Å². The fraction of sp³-hybridized carbons (Fsp3) is 0.767. The highest BCUT2D eigenvalue weighted by atomic mass is 31.2. The summed E-state index contributed by atoms with van der Waals surface area (Å²) in [4.78, 5) is 35.6. The Hall–Kier alpha value is -2.19. The minimum Gasteiger partial charge on any atom is -0.462 e. The van der Waals surface area contributed by atoms with E-state index in [1.165, 1.54) is 25.7 Å². The van der Waals surface area contributed by atoms with Crippen LogP contribution in [0.4, 0.5) is 0 Å². The Kier molecular flexibility index (Phi) is 31.2. The molecule has 1 aliphatic carbocycles. The Morgan fingerprint density at radius 3 is 1.54 bits per heavy atom. The molecule has 14 heteroatoms. The van der Waals surface area contributed by atoms with Crippen LogP contribution < -0.4 is 0 Å². The van der Waals surface area contributed by atoms with Crippen molar-refractivity contribution >= 4 is 19.8 Å². The van der Waals surface area contributed by atoms with Gasteiger partial charge in [0.05, 0.1) is 6.61 Å². The quantitative estimate of drug-likeness (QED) is 0.0160. The van der Waals surface area contributed by atoms with Crippen molar-refractivity contribution < 1.29 is 63.1 Å². The van der Waals surface area contributed by atoms with E-state index in [9.17, 15) is 44.6 Å². The molecule has 1 saturated carbocycles. The normalized spacial score (nSPS) is 23.2. The zero-order valence-corrected chi connectivity index (χ0v) is 35.5. The van der Waals surface area contributed by atoms with Crippen molar-refractivity contribution in [3.63, 3.8) is 0 Å². The maximum atomic E-state index is 12.8. The van der Waals surface area contributed by atoms with Crippen molar-refractivity contribution in [2.24, 2.45) is 0 Å². The number of aliphatic hydroxyl groups is 5. The van der Waals surface area contributed by atoms with E-state index in [4.69, 9.17) is 18.5 Å². The monoisotopic (exact) mass is 830 g/mol. The lowest BCUT2D eigenvalue weighted by molar-refractivity contribution is -0.220. The average Bonchev–Trinajstić information content (AvgIpc) is 3.19. The molecule has 3 unspecified atom stereocenters. The van der Waals surface area contributed by atoms with Gasteiger partial charge in [-0.05, 0) is 70.6 Å². The van der Waals surface area contributed by atoms with Crippen LogP contribution in [-0.2, 0) is 32.7 Å². The topological polar surface area (TPSA) is 210 Å². The van der Waals surface area contributed by atoms with Crippen LogP contribution in [0.1, 0.15) is 155 Å². The number of carbonyl (C=O) groups excluding carboxylic acids is 2. The van der Waals surface area contributed by atoms with Crippen LogP contribution in [0.15, 0.2) is 48.6 Å². The summed E-state index contributed by atoms with van der Waals surface area (Å²) in [6.45, 7) is 3.13. The molecule has 330 valence electrons. The Labute approximate surface area is 341 Å². The highest BCUT2D eigenvalue weighted by Gasteiger charge is 2.51. The molecular weight excluding hydrogens is 755 g/mol. The van der Waals surface area contributed by atoms with Crippen LogP contribution in [0, 0.1) is 0 Å². The number of hydrogen-bond acceptors (Lipinski definition) is 12. The maximum Gasteiger partial charge on any atom is 0.472 e. The van der Waals surface area contributed by atoms with Gasteiger partial charge in [-0.3, -0.25) is 18.6 Å². The maximum absolute atomic E-state index is 12.8. The van der Waals surface area contributed by atoms with E-state index < -0.39 is 75.7 Å². The zero-order valence-electron chi connectivity index (χ0n) is 34.6. The Morgan fingerprint density at radius 2 is 1.00 bits per heavy atom. The molecule has 0 radical (unpaired) electrons. The first-order chi connectivity index (χ1) is 27.4. The molecule has 57 heavy (non-hydrogen) atoms. The van der Waals surface area contributed by atoms with Crippen molar-refractivity contribution in [3.8, 4) is 0 Å². The molecule has 6 N–H and O–H groups in total. The van der Waals surface area contributed by atoms with Gasteiger partial charge in [-0.25, -0.2) is 4.57 Å². The van der Waals surface area contributed by atoms with E-state index in [-0.39, 0.29) is 12.8 Å². The molecule has 1 aliphatic rings. The van der Waals surface area contributed by atoms with E-state index >= 15 is 0 Å². The minimum atomic E-state index is -5.12. The molecule has 13 nitrogen and oxygen atoms in total. The molecule has 0 spiro atoms. The standard InChI is InChI=1S/C43H75O13P/c1-3-5-7-9-11-13-15-17-18-20-22-24-26-28-30-32-37(45)55-35(34-54-57(51,52)56-43-41(49)39(47)38(46)40(48)42(43)50)33-53-36(44)31-29-27-25-23-21-19-16-14-12-10-8-6-4-2/h5,7,11,13-14,16-18,35,38-43,46-50H,3-4,6,8-10,12,15,19-34H2,1-2H3,(H,51,52)/b7-5-,13-11-,16-14-,18-17-/t35-,38?,39-,40+,41-,42-,43?/m1/s1. The van der Waals surface area contributed by atoms with Gasteiger partial charge in [-0.1, -0.05) is 120 Å². The molecule has 0 aromatic heterocycles. The number of carbonyl (C=O) groups is 2. The highest BCUT2D eigenvalue weighted by molar-refractivity contribution is 7.47. The highest BCUT2D eigenvalue weighted by Crippen LogP contribution is 2.47. The lowest BCUT2D eigenvalue weighted by Crippen LogP contribution is -2.64. The van der Waals surface area contributed by atoms with Crippen molar-refractivity contribution in [3.05, 3.63) is 48.6 Å². The molecular formula is C43H75O13P. The van der Waals surface area contributed by atoms with E-state index in [2.05, 4.69) is 62.5 Å². The van der Waals surface area contributed by atoms with Crippen LogP contribution in [0.3, 0.4) is 0 Å². The number of allylic oxidation sites excluding steroid dienone is 8. The van der Waals surface area contributed by atoms with Crippen molar-refractivity contribution in [1.29, 1.82) is 0 Å². The molecule has 0 aromatic carbocycles. The first-order valence-electron chi connectivity index (χ1n) is 21.4. The molecule has 0 aromatic rings. The third-order valence-corrected chi connectivity index (χ3v) is 10.6. The van der Waals surface area contributed by atoms with Crippen molar-refractivity contribution in [2.75, 3.05) is 13.2 Å². The summed E-state index contributed by atoms with van der Waals surface area (Å²) >= 11 is 0. The van der Waals surface area contributed by atoms with Crippen molar-refractivity contribution in [2.45, 2.75) is 198 Å². The third kappa shape index (κ3) is 26.5. The summed E-state index contributed by atoms with van der Waals surface area (Å²) in [6, 6.07) is 0. The van der Waals surface area contributed by atoms with Crippen LogP contribution >= 0.6 is 7.82 Å². The van der Waals surface area contributed by atoms with Crippen LogP contribution in [0.5, 0.6) is 0 Å². The molecule has 0 aliphatic heterocycles. The van der Waals surface area contributed by atoms with Gasteiger partial charge >= 0.3 is 19.8 Å². The van der Waals surface area contributed by atoms with Crippen LogP contribution in [-0.4, -0.2) is 98.3 Å². The molecule has 0 amide bonds. The summed E-state index contributed by atoms with van der Waals surface area (Å²) in [5.41, 5.74) is 0. The molecule has 1 rings (SSSR count). The third-order valence-electron chi connectivity index (χ3n) is 9.65. The largest absolute Gasteiger partial charge is 0.472 e. The van der Waals surface area contributed by atoms with Gasteiger partial charge in [0.2, 0.25) is 0 Å². The predicted molar refractivity (Wildman–Crippen MR) is 221 cm³/mol. The first-order valence-corrected chi connectivity index (χ1v) is 22.9. The summed E-state index contributed by atoms with van der Waals surface area (Å²) in [7, 11) is -5.12. The summed E-state index contributed by atoms with van der Waals surface area (Å²) in [5.74, 6) is -1.13. The summed E-state index contributed by atoms with van der Waals surface area (Å²) in [5, 5.41) is 50.0. The molecule has 0 bridgehead atoms. The number of rotatable bonds is 34. The van der Waals surface area contributed by atoms with Gasteiger partial charge in [0.1, 0.15) is 43.2 Å². The lowest BCUT2D eigenvalue weighted by atomic mass is 9.85. The van der Waals surface area contributed by atoms with Crippen molar-refractivity contribution in [1.82, 2.24) is 0 Å². The Balaban J connectivity index is 2.52. The van der Waals surface area contributed by atoms with Crippen LogP contribution in [0.2, 0.25) is 0 Å². The fourth-order valence-electron chi connectivity index (χ4n) is 6.18. The zero-order chi connectivity index (χ0) is 42.2.